The van der Waals surface area contributed by atoms with E-state index in [1.165, 1.54) is 29.2 Å². The van der Waals surface area contributed by atoms with E-state index in [1.54, 1.807) is 0 Å². The number of carbonyl (C=O) groups excluding carboxylic acids is 1. The lowest BCUT2D eigenvalue weighted by Crippen LogP contribution is -2.41. The van der Waals surface area contributed by atoms with Gasteiger partial charge in [-0.15, -0.1) is 0 Å². The number of nitrogens with zero attached hydrogens (tertiary/aromatic N) is 1. The summed E-state index contributed by atoms with van der Waals surface area (Å²) in [5, 5.41) is 5.92. The molecule has 1 heterocycles. The number of anilines is 1. The summed E-state index contributed by atoms with van der Waals surface area (Å²) in [6.45, 7) is 0.993. The molecule has 2 fully saturated rings. The average molecular weight is 280 g/mol. The molecular formula is C18H20N2O. The van der Waals surface area contributed by atoms with E-state index < -0.39 is 0 Å². The van der Waals surface area contributed by atoms with Gasteiger partial charge in [0, 0.05) is 5.39 Å². The van der Waals surface area contributed by atoms with Crippen LogP contribution in [0.15, 0.2) is 36.4 Å². The molecule has 0 bridgehead atoms. The number of nitrogens with one attached hydrogen (secondary N) is 1. The van der Waals surface area contributed by atoms with E-state index >= 15 is 0 Å². The minimum absolute atomic E-state index is 0.137. The monoisotopic (exact) mass is 280 g/mol. The van der Waals surface area contributed by atoms with Crippen LogP contribution >= 0.6 is 0 Å². The SMILES string of the molecule is O=CN(c1ccc(C2CC2)c2ccccc12)C1CCCN1. The predicted molar refractivity (Wildman–Crippen MR) is 85.5 cm³/mol. The summed E-state index contributed by atoms with van der Waals surface area (Å²) >= 11 is 0. The number of benzene rings is 2. The summed E-state index contributed by atoms with van der Waals surface area (Å²) in [6.07, 6.45) is 5.86. The third-order valence-electron chi connectivity index (χ3n) is 4.71. The Morgan fingerprint density at radius 1 is 1.05 bits per heavy atom. The van der Waals surface area contributed by atoms with Crippen LogP contribution in [-0.2, 0) is 4.79 Å². The first-order valence-corrected chi connectivity index (χ1v) is 7.87. The molecule has 0 spiro atoms. The van der Waals surface area contributed by atoms with Gasteiger partial charge in [-0.2, -0.15) is 0 Å². The van der Waals surface area contributed by atoms with Crippen molar-refractivity contribution in [2.45, 2.75) is 37.8 Å². The van der Waals surface area contributed by atoms with Crippen LogP contribution in [0.2, 0.25) is 0 Å². The maximum Gasteiger partial charge on any atom is 0.215 e. The second kappa shape index (κ2) is 5.15. The summed E-state index contributed by atoms with van der Waals surface area (Å²) in [4.78, 5) is 13.5. The van der Waals surface area contributed by atoms with Gasteiger partial charge in [0.1, 0.15) is 0 Å². The van der Waals surface area contributed by atoms with Crippen molar-refractivity contribution in [1.82, 2.24) is 5.32 Å². The first-order chi connectivity index (χ1) is 10.4. The molecule has 1 aliphatic heterocycles. The third-order valence-corrected chi connectivity index (χ3v) is 4.71. The van der Waals surface area contributed by atoms with E-state index in [9.17, 15) is 4.79 Å². The molecule has 3 nitrogen and oxygen atoms in total. The van der Waals surface area contributed by atoms with Crippen molar-refractivity contribution in [3.05, 3.63) is 42.0 Å². The van der Waals surface area contributed by atoms with Crippen molar-refractivity contribution in [3.63, 3.8) is 0 Å². The molecule has 0 aromatic heterocycles. The van der Waals surface area contributed by atoms with Crippen molar-refractivity contribution in [3.8, 4) is 0 Å². The van der Waals surface area contributed by atoms with E-state index in [4.69, 9.17) is 0 Å². The van der Waals surface area contributed by atoms with Crippen LogP contribution in [0.25, 0.3) is 10.8 Å². The minimum Gasteiger partial charge on any atom is -0.298 e. The van der Waals surface area contributed by atoms with Gasteiger partial charge in [0.05, 0.1) is 11.9 Å². The molecule has 0 radical (unpaired) electrons. The lowest BCUT2D eigenvalue weighted by Gasteiger charge is -2.26. The molecule has 108 valence electrons. The van der Waals surface area contributed by atoms with Crippen LogP contribution in [0, 0.1) is 0 Å². The van der Waals surface area contributed by atoms with Crippen molar-refractivity contribution in [1.29, 1.82) is 0 Å². The molecule has 4 rings (SSSR count). The quantitative estimate of drug-likeness (QED) is 0.871. The fourth-order valence-electron chi connectivity index (χ4n) is 3.48. The Hall–Kier alpha value is -1.87. The lowest BCUT2D eigenvalue weighted by atomic mass is 9.99. The molecule has 2 aromatic rings. The van der Waals surface area contributed by atoms with E-state index in [-0.39, 0.29) is 6.17 Å². The van der Waals surface area contributed by atoms with Crippen molar-refractivity contribution >= 4 is 22.9 Å². The highest BCUT2D eigenvalue weighted by molar-refractivity contribution is 6.00. The van der Waals surface area contributed by atoms with Gasteiger partial charge < -0.3 is 0 Å². The fraction of sp³-hybridized carbons (Fsp3) is 0.389. The highest BCUT2D eigenvalue weighted by Gasteiger charge is 2.28. The van der Waals surface area contributed by atoms with Crippen LogP contribution in [0.4, 0.5) is 5.69 Å². The van der Waals surface area contributed by atoms with E-state index in [1.807, 2.05) is 4.90 Å². The lowest BCUT2D eigenvalue weighted by molar-refractivity contribution is -0.107. The van der Waals surface area contributed by atoms with Gasteiger partial charge in [-0.1, -0.05) is 30.3 Å². The van der Waals surface area contributed by atoms with Gasteiger partial charge in [0.25, 0.3) is 0 Å². The van der Waals surface area contributed by atoms with Gasteiger partial charge >= 0.3 is 0 Å². The molecule has 1 amide bonds. The van der Waals surface area contributed by atoms with Crippen LogP contribution in [-0.4, -0.2) is 19.1 Å². The highest BCUT2D eigenvalue weighted by Crippen LogP contribution is 2.44. The summed E-state index contributed by atoms with van der Waals surface area (Å²) in [7, 11) is 0. The van der Waals surface area contributed by atoms with Crippen LogP contribution in [0.1, 0.15) is 37.2 Å². The molecule has 1 saturated heterocycles. The van der Waals surface area contributed by atoms with Crippen molar-refractivity contribution in [2.75, 3.05) is 11.4 Å². The van der Waals surface area contributed by atoms with Gasteiger partial charge in [0.15, 0.2) is 0 Å². The first kappa shape index (κ1) is 12.8. The molecule has 3 heteroatoms. The van der Waals surface area contributed by atoms with Crippen molar-refractivity contribution in [2.24, 2.45) is 0 Å². The first-order valence-electron chi connectivity index (χ1n) is 7.87. The Balaban J connectivity index is 1.84. The van der Waals surface area contributed by atoms with Gasteiger partial charge in [-0.25, -0.2) is 0 Å². The smallest absolute Gasteiger partial charge is 0.215 e. The number of rotatable bonds is 4. The Morgan fingerprint density at radius 2 is 1.86 bits per heavy atom. The van der Waals surface area contributed by atoms with Gasteiger partial charge in [-0.05, 0) is 55.2 Å². The highest BCUT2D eigenvalue weighted by atomic mass is 16.1. The Morgan fingerprint density at radius 3 is 2.52 bits per heavy atom. The van der Waals surface area contributed by atoms with Crippen molar-refractivity contribution < 1.29 is 4.79 Å². The maximum absolute atomic E-state index is 11.7. The molecular weight excluding hydrogens is 260 g/mol. The maximum atomic E-state index is 11.7. The number of fused-ring (bicyclic) bond motifs is 1. The predicted octanol–water partition coefficient (Wildman–Crippen LogP) is 3.39. The molecule has 1 atom stereocenters. The molecule has 21 heavy (non-hydrogen) atoms. The molecule has 1 N–H and O–H groups in total. The topological polar surface area (TPSA) is 32.3 Å². The molecule has 1 aliphatic carbocycles. The number of carbonyl (C=O) groups is 1. The number of amides is 1. The van der Waals surface area contributed by atoms with Crippen LogP contribution in [0.5, 0.6) is 0 Å². The zero-order valence-corrected chi connectivity index (χ0v) is 12.1. The largest absolute Gasteiger partial charge is 0.298 e. The Kier molecular flexibility index (Phi) is 3.15. The Bertz CT molecular complexity index is 672. The zero-order chi connectivity index (χ0) is 14.2. The summed E-state index contributed by atoms with van der Waals surface area (Å²) in [5.74, 6) is 0.721. The summed E-state index contributed by atoms with van der Waals surface area (Å²) < 4.78 is 0. The fourth-order valence-corrected chi connectivity index (χ4v) is 3.48. The molecule has 2 aromatic carbocycles. The zero-order valence-electron chi connectivity index (χ0n) is 12.1. The summed E-state index contributed by atoms with van der Waals surface area (Å²) in [5.41, 5.74) is 2.48. The minimum atomic E-state index is 0.137. The van der Waals surface area contributed by atoms with E-state index in [2.05, 4.69) is 41.7 Å². The van der Waals surface area contributed by atoms with Crippen LogP contribution < -0.4 is 10.2 Å². The molecule has 2 aliphatic rings. The summed E-state index contributed by atoms with van der Waals surface area (Å²) in [6, 6.07) is 12.8. The van der Waals surface area contributed by atoms with Gasteiger partial charge in [-0.3, -0.25) is 15.0 Å². The van der Waals surface area contributed by atoms with E-state index in [0.717, 1.165) is 37.4 Å². The van der Waals surface area contributed by atoms with Crippen LogP contribution in [0.3, 0.4) is 0 Å². The Labute approximate surface area is 124 Å². The van der Waals surface area contributed by atoms with Gasteiger partial charge in [0.2, 0.25) is 6.41 Å². The third kappa shape index (κ3) is 2.22. The second-order valence-electron chi connectivity index (χ2n) is 6.12. The number of hydrogen-bond donors (Lipinski definition) is 1. The molecule has 1 unspecified atom stereocenters. The average Bonchev–Trinajstić information content (AvgIpc) is 3.23. The number of hydrogen-bond acceptors (Lipinski definition) is 2. The second-order valence-corrected chi connectivity index (χ2v) is 6.12. The molecule has 1 saturated carbocycles. The van der Waals surface area contributed by atoms with E-state index in [0.29, 0.717) is 0 Å². The standard InChI is InChI=1S/C18H20N2O/c21-12-20(18-6-3-11-19-18)17-10-9-14(13-7-8-13)15-4-1-2-5-16(15)17/h1-2,4-5,9-10,12-13,18-19H,3,6-8,11H2. The normalized spacial score (nSPS) is 21.6.